The van der Waals surface area contributed by atoms with Crippen LogP contribution in [0, 0.1) is 0 Å². The fourth-order valence-electron chi connectivity index (χ4n) is 4.84. The predicted octanol–water partition coefficient (Wildman–Crippen LogP) is 9.28. The largest absolute Gasteiger partial charge is 0.511 e. The van der Waals surface area contributed by atoms with E-state index in [1.165, 1.54) is 0 Å². The molecule has 0 aliphatic rings. The molecule has 0 saturated heterocycles. The molecule has 0 aliphatic carbocycles. The van der Waals surface area contributed by atoms with Gasteiger partial charge in [0, 0.05) is 0 Å². The first-order valence-corrected chi connectivity index (χ1v) is 13.1. The summed E-state index contributed by atoms with van der Waals surface area (Å²) in [6, 6.07) is 40.5. The Balaban J connectivity index is 1.60. The van der Waals surface area contributed by atoms with Crippen molar-refractivity contribution in [2.75, 3.05) is 0 Å². The molecule has 3 N–H and O–H groups in total. The van der Waals surface area contributed by atoms with E-state index in [0.717, 1.165) is 44.5 Å². The van der Waals surface area contributed by atoms with Crippen molar-refractivity contribution in [3.05, 3.63) is 175 Å². The van der Waals surface area contributed by atoms with Crippen molar-refractivity contribution in [2.24, 2.45) is 0 Å². The lowest BCUT2D eigenvalue weighted by molar-refractivity contribution is 0.382. The minimum absolute atomic E-state index is 0.177. The molecule has 0 radical (unpaired) electrons. The maximum absolute atomic E-state index is 11.7. The zero-order valence-corrected chi connectivity index (χ0v) is 22.0. The van der Waals surface area contributed by atoms with Gasteiger partial charge in [-0.3, -0.25) is 0 Å². The Morgan fingerprint density at radius 2 is 1.12 bits per heavy atom. The Morgan fingerprint density at radius 3 is 1.77 bits per heavy atom. The SMILES string of the molecule is C=C/C=C(\C=C(/O)C(c1ccc(-c2ccccc2)cc1)c1cccc(-c2ccc(O)cc2)c1)c1ccc(O)cc1. The number of benzene rings is 5. The van der Waals surface area contributed by atoms with Crippen LogP contribution in [0.1, 0.15) is 22.6 Å². The van der Waals surface area contributed by atoms with Gasteiger partial charge >= 0.3 is 0 Å². The third kappa shape index (κ3) is 6.06. The van der Waals surface area contributed by atoms with Crippen LogP contribution in [0.25, 0.3) is 27.8 Å². The Bertz CT molecular complexity index is 1640. The third-order valence-electron chi connectivity index (χ3n) is 6.87. The highest BCUT2D eigenvalue weighted by Crippen LogP contribution is 2.36. The van der Waals surface area contributed by atoms with E-state index in [4.69, 9.17) is 0 Å². The molecule has 3 heteroatoms. The second kappa shape index (κ2) is 12.1. The van der Waals surface area contributed by atoms with Gasteiger partial charge in [0.25, 0.3) is 0 Å². The molecule has 0 heterocycles. The van der Waals surface area contributed by atoms with Crippen LogP contribution < -0.4 is 0 Å². The summed E-state index contributed by atoms with van der Waals surface area (Å²) in [5.74, 6) is 0.133. The molecule has 0 saturated carbocycles. The van der Waals surface area contributed by atoms with E-state index < -0.39 is 5.92 Å². The first-order valence-electron chi connectivity index (χ1n) is 13.1. The van der Waals surface area contributed by atoms with Gasteiger partial charge in [-0.2, -0.15) is 0 Å². The van der Waals surface area contributed by atoms with E-state index in [-0.39, 0.29) is 17.3 Å². The fourth-order valence-corrected chi connectivity index (χ4v) is 4.84. The lowest BCUT2D eigenvalue weighted by atomic mass is 9.86. The average Bonchev–Trinajstić information content (AvgIpc) is 2.99. The van der Waals surface area contributed by atoms with E-state index in [1.54, 1.807) is 36.4 Å². The number of phenolic OH excluding ortho intramolecular Hbond substituents is 2. The fraction of sp³-hybridized carbons (Fsp3) is 0.0270. The normalized spacial score (nSPS) is 12.6. The molecule has 0 aliphatic heterocycles. The van der Waals surface area contributed by atoms with Crippen molar-refractivity contribution in [3.8, 4) is 33.8 Å². The quantitative estimate of drug-likeness (QED) is 0.141. The molecule has 0 fully saturated rings. The highest BCUT2D eigenvalue weighted by molar-refractivity contribution is 5.76. The number of hydrogen-bond acceptors (Lipinski definition) is 3. The van der Waals surface area contributed by atoms with E-state index in [0.29, 0.717) is 0 Å². The minimum Gasteiger partial charge on any atom is -0.511 e. The second-order valence-corrected chi connectivity index (χ2v) is 9.57. The van der Waals surface area contributed by atoms with Crippen LogP contribution in [0.4, 0.5) is 0 Å². The molecule has 0 bridgehead atoms. The van der Waals surface area contributed by atoms with Gasteiger partial charge in [-0.05, 0) is 74.9 Å². The van der Waals surface area contributed by atoms with Crippen molar-refractivity contribution < 1.29 is 15.3 Å². The summed E-state index contributed by atoms with van der Waals surface area (Å²) in [5, 5.41) is 31.2. The summed E-state index contributed by atoms with van der Waals surface area (Å²) in [6.07, 6.45) is 5.28. The summed E-state index contributed by atoms with van der Waals surface area (Å²) < 4.78 is 0. The van der Waals surface area contributed by atoms with Crippen LogP contribution in [0.15, 0.2) is 158 Å². The van der Waals surface area contributed by atoms with Crippen LogP contribution in [0.3, 0.4) is 0 Å². The molecule has 5 rings (SSSR count). The van der Waals surface area contributed by atoms with E-state index in [9.17, 15) is 15.3 Å². The number of aliphatic hydroxyl groups is 1. The molecule has 1 atom stereocenters. The zero-order chi connectivity index (χ0) is 27.9. The number of aliphatic hydroxyl groups excluding tert-OH is 1. The molecule has 0 amide bonds. The van der Waals surface area contributed by atoms with Crippen molar-refractivity contribution in [3.63, 3.8) is 0 Å². The van der Waals surface area contributed by atoms with E-state index in [1.807, 2.05) is 66.7 Å². The Morgan fingerprint density at radius 1 is 0.575 bits per heavy atom. The van der Waals surface area contributed by atoms with Crippen LogP contribution in [-0.2, 0) is 0 Å². The van der Waals surface area contributed by atoms with Crippen molar-refractivity contribution >= 4 is 5.57 Å². The zero-order valence-electron chi connectivity index (χ0n) is 22.0. The van der Waals surface area contributed by atoms with Gasteiger partial charge in [0.05, 0.1) is 5.92 Å². The van der Waals surface area contributed by atoms with Crippen LogP contribution >= 0.6 is 0 Å². The highest BCUT2D eigenvalue weighted by atomic mass is 16.3. The molecule has 1 unspecified atom stereocenters. The summed E-state index contributed by atoms with van der Waals surface area (Å²) >= 11 is 0. The number of allylic oxidation sites excluding steroid dienone is 5. The first-order chi connectivity index (χ1) is 19.5. The number of rotatable bonds is 8. The molecular formula is C37H30O3. The van der Waals surface area contributed by atoms with Crippen molar-refractivity contribution in [2.45, 2.75) is 5.92 Å². The number of aromatic hydroxyl groups is 2. The molecule has 196 valence electrons. The predicted molar refractivity (Wildman–Crippen MR) is 164 cm³/mol. The lowest BCUT2D eigenvalue weighted by Gasteiger charge is -2.20. The van der Waals surface area contributed by atoms with Gasteiger partial charge in [-0.15, -0.1) is 0 Å². The van der Waals surface area contributed by atoms with Crippen molar-refractivity contribution in [1.29, 1.82) is 0 Å². The average molecular weight is 523 g/mol. The van der Waals surface area contributed by atoms with Gasteiger partial charge in [0.15, 0.2) is 0 Å². The molecule has 0 spiro atoms. The molecule has 0 aromatic heterocycles. The van der Waals surface area contributed by atoms with Crippen LogP contribution in [0.2, 0.25) is 0 Å². The first kappa shape index (κ1) is 26.3. The minimum atomic E-state index is -0.438. The van der Waals surface area contributed by atoms with Gasteiger partial charge < -0.3 is 15.3 Å². The standard InChI is InChI=1S/C37H30O3/c1-2-7-31(28-16-20-34(38)21-17-28)25-36(40)37(30-14-12-27(13-15-30)26-8-4-3-5-9-26)33-11-6-10-32(24-33)29-18-22-35(39)23-19-29/h2-25,37-40H,1H2/b31-7+,36-25-. The molecule has 3 nitrogen and oxygen atoms in total. The van der Waals surface area contributed by atoms with Gasteiger partial charge in [0.2, 0.25) is 0 Å². The number of hydrogen-bond donors (Lipinski definition) is 3. The molecule has 5 aromatic rings. The summed E-state index contributed by atoms with van der Waals surface area (Å²) in [7, 11) is 0. The topological polar surface area (TPSA) is 60.7 Å². The smallest absolute Gasteiger partial charge is 0.115 e. The third-order valence-corrected chi connectivity index (χ3v) is 6.87. The summed E-state index contributed by atoms with van der Waals surface area (Å²) in [6.45, 7) is 3.85. The number of phenols is 2. The van der Waals surface area contributed by atoms with Gasteiger partial charge in [-0.1, -0.05) is 122 Å². The van der Waals surface area contributed by atoms with Crippen LogP contribution in [-0.4, -0.2) is 15.3 Å². The lowest BCUT2D eigenvalue weighted by Crippen LogP contribution is -2.05. The van der Waals surface area contributed by atoms with Crippen molar-refractivity contribution in [1.82, 2.24) is 0 Å². The Labute approximate surface area is 235 Å². The molecule has 40 heavy (non-hydrogen) atoms. The van der Waals surface area contributed by atoms with Crippen LogP contribution in [0.5, 0.6) is 11.5 Å². The Hall–Kier alpha value is -5.28. The second-order valence-electron chi connectivity index (χ2n) is 9.57. The van der Waals surface area contributed by atoms with Gasteiger partial charge in [0.1, 0.15) is 17.3 Å². The maximum Gasteiger partial charge on any atom is 0.115 e. The van der Waals surface area contributed by atoms with E-state index >= 15 is 0 Å². The molecule has 5 aromatic carbocycles. The molecular weight excluding hydrogens is 492 g/mol. The Kier molecular flexibility index (Phi) is 7.94. The monoisotopic (exact) mass is 522 g/mol. The summed E-state index contributed by atoms with van der Waals surface area (Å²) in [4.78, 5) is 0. The van der Waals surface area contributed by atoms with E-state index in [2.05, 4.69) is 49.0 Å². The summed E-state index contributed by atoms with van der Waals surface area (Å²) in [5.41, 5.74) is 7.67. The maximum atomic E-state index is 11.7. The van der Waals surface area contributed by atoms with Gasteiger partial charge in [-0.25, -0.2) is 0 Å². The highest BCUT2D eigenvalue weighted by Gasteiger charge is 2.20.